The van der Waals surface area contributed by atoms with E-state index in [1.54, 1.807) is 17.5 Å². The number of para-hydroxylation sites is 1. The minimum atomic E-state index is -0.456. The van der Waals surface area contributed by atoms with Gasteiger partial charge in [-0.05, 0) is 12.1 Å². The number of thiazole rings is 1. The second-order valence-electron chi connectivity index (χ2n) is 2.77. The Bertz CT molecular complexity index is 470. The Labute approximate surface area is 89.6 Å². The predicted molar refractivity (Wildman–Crippen MR) is 56.5 cm³/mol. The highest BCUT2D eigenvalue weighted by Gasteiger charge is 2.10. The molecule has 0 aliphatic rings. The van der Waals surface area contributed by atoms with Gasteiger partial charge in [0, 0.05) is 11.6 Å². The Kier molecular flexibility index (Phi) is 2.73. The second-order valence-corrected chi connectivity index (χ2v) is 3.67. The number of benzene rings is 1. The van der Waals surface area contributed by atoms with Gasteiger partial charge >= 0.3 is 0 Å². The normalized spacial score (nSPS) is 9.93. The van der Waals surface area contributed by atoms with Crippen molar-refractivity contribution in [1.82, 2.24) is 4.98 Å². The molecule has 76 valence electrons. The van der Waals surface area contributed by atoms with Crippen LogP contribution in [-0.4, -0.2) is 10.9 Å². The lowest BCUT2D eigenvalue weighted by Gasteiger charge is -2.03. The van der Waals surface area contributed by atoms with Crippen LogP contribution in [0.3, 0.4) is 0 Å². The number of anilines is 1. The third-order valence-electron chi connectivity index (χ3n) is 1.75. The zero-order valence-electron chi connectivity index (χ0n) is 7.61. The van der Waals surface area contributed by atoms with Crippen molar-refractivity contribution in [2.75, 3.05) is 5.32 Å². The Morgan fingerprint density at radius 2 is 2.20 bits per heavy atom. The maximum Gasteiger partial charge on any atom is 0.284 e. The quantitative estimate of drug-likeness (QED) is 0.848. The largest absolute Gasteiger partial charge is 0.317 e. The van der Waals surface area contributed by atoms with Crippen LogP contribution in [0, 0.1) is 5.82 Å². The predicted octanol–water partition coefficient (Wildman–Crippen LogP) is 2.53. The maximum absolute atomic E-state index is 13.2. The summed E-state index contributed by atoms with van der Waals surface area (Å²) in [5.41, 5.74) is 0.165. The molecule has 1 N–H and O–H groups in total. The number of rotatable bonds is 2. The van der Waals surface area contributed by atoms with Crippen molar-refractivity contribution >= 4 is 22.9 Å². The van der Waals surface area contributed by atoms with E-state index in [4.69, 9.17) is 0 Å². The topological polar surface area (TPSA) is 42.0 Å². The van der Waals surface area contributed by atoms with Crippen LogP contribution in [0.15, 0.2) is 35.8 Å². The van der Waals surface area contributed by atoms with Crippen molar-refractivity contribution in [2.45, 2.75) is 0 Å². The number of nitrogens with one attached hydrogen (secondary N) is 1. The van der Waals surface area contributed by atoms with Crippen LogP contribution in [0.4, 0.5) is 10.1 Å². The Balaban J connectivity index is 2.17. The van der Waals surface area contributed by atoms with E-state index in [-0.39, 0.29) is 5.69 Å². The van der Waals surface area contributed by atoms with Crippen molar-refractivity contribution in [3.8, 4) is 0 Å². The van der Waals surface area contributed by atoms with E-state index in [9.17, 15) is 9.18 Å². The van der Waals surface area contributed by atoms with E-state index in [0.29, 0.717) is 5.01 Å². The summed E-state index contributed by atoms with van der Waals surface area (Å²) in [6.45, 7) is 0. The third-order valence-corrected chi connectivity index (χ3v) is 2.52. The number of hydrogen-bond acceptors (Lipinski definition) is 3. The van der Waals surface area contributed by atoms with Crippen molar-refractivity contribution in [1.29, 1.82) is 0 Å². The molecule has 1 aromatic heterocycles. The monoisotopic (exact) mass is 222 g/mol. The average Bonchev–Trinajstić information content (AvgIpc) is 2.74. The summed E-state index contributed by atoms with van der Waals surface area (Å²) < 4.78 is 13.2. The van der Waals surface area contributed by atoms with E-state index in [0.717, 1.165) is 0 Å². The number of carbonyl (C=O) groups excluding carboxylic acids is 1. The van der Waals surface area contributed by atoms with Gasteiger partial charge < -0.3 is 5.32 Å². The number of nitrogens with zero attached hydrogens (tertiary/aromatic N) is 1. The highest BCUT2D eigenvalue weighted by molar-refractivity contribution is 7.11. The summed E-state index contributed by atoms with van der Waals surface area (Å²) in [6, 6.07) is 6.01. The maximum atomic E-state index is 13.2. The summed E-state index contributed by atoms with van der Waals surface area (Å²) in [4.78, 5) is 15.3. The molecular weight excluding hydrogens is 215 g/mol. The molecule has 1 amide bonds. The van der Waals surface area contributed by atoms with Gasteiger partial charge in [0.15, 0.2) is 5.01 Å². The molecule has 1 aromatic carbocycles. The van der Waals surface area contributed by atoms with Gasteiger partial charge in [-0.3, -0.25) is 4.79 Å². The number of aromatic nitrogens is 1. The van der Waals surface area contributed by atoms with Crippen molar-refractivity contribution in [2.24, 2.45) is 0 Å². The van der Waals surface area contributed by atoms with Gasteiger partial charge in [0.2, 0.25) is 0 Å². The van der Waals surface area contributed by atoms with Gasteiger partial charge in [0.05, 0.1) is 5.69 Å². The van der Waals surface area contributed by atoms with Crippen molar-refractivity contribution in [3.05, 3.63) is 46.7 Å². The molecule has 3 nitrogen and oxygen atoms in total. The van der Waals surface area contributed by atoms with Crippen LogP contribution >= 0.6 is 11.3 Å². The molecule has 5 heteroatoms. The first-order chi connectivity index (χ1) is 7.27. The Morgan fingerprint density at radius 3 is 2.87 bits per heavy atom. The van der Waals surface area contributed by atoms with Crippen LogP contribution in [0.25, 0.3) is 0 Å². The van der Waals surface area contributed by atoms with Crippen molar-refractivity contribution in [3.63, 3.8) is 0 Å². The lowest BCUT2D eigenvalue weighted by Crippen LogP contribution is -2.12. The highest BCUT2D eigenvalue weighted by Crippen LogP contribution is 2.14. The smallest absolute Gasteiger partial charge is 0.284 e. The molecule has 0 saturated carbocycles. The molecule has 2 rings (SSSR count). The van der Waals surface area contributed by atoms with Crippen LogP contribution in [0.5, 0.6) is 0 Å². The molecule has 1 heterocycles. The summed E-state index contributed by atoms with van der Waals surface area (Å²) in [5, 5.41) is 4.46. The molecule has 2 aromatic rings. The molecule has 0 aliphatic heterocycles. The van der Waals surface area contributed by atoms with Crippen LogP contribution in [-0.2, 0) is 0 Å². The number of hydrogen-bond donors (Lipinski definition) is 1. The molecule has 0 unspecified atom stereocenters. The fourth-order valence-electron chi connectivity index (χ4n) is 1.07. The first kappa shape index (κ1) is 9.79. The van der Waals surface area contributed by atoms with Gasteiger partial charge in [0.25, 0.3) is 5.91 Å². The molecule has 0 atom stereocenters. The summed E-state index contributed by atoms with van der Waals surface area (Å²) in [5.74, 6) is -0.850. The van der Waals surface area contributed by atoms with Crippen LogP contribution in [0.2, 0.25) is 0 Å². The average molecular weight is 222 g/mol. The Morgan fingerprint density at radius 1 is 1.40 bits per heavy atom. The lowest BCUT2D eigenvalue weighted by atomic mass is 10.3. The third kappa shape index (κ3) is 2.19. The molecule has 0 radical (unpaired) electrons. The molecule has 15 heavy (non-hydrogen) atoms. The minimum Gasteiger partial charge on any atom is -0.317 e. The second kappa shape index (κ2) is 4.18. The molecule has 0 bridgehead atoms. The van der Waals surface area contributed by atoms with E-state index >= 15 is 0 Å². The van der Waals surface area contributed by atoms with Gasteiger partial charge in [-0.25, -0.2) is 9.37 Å². The standard InChI is InChI=1S/C10H7FN2OS/c11-7-3-1-2-4-8(7)13-9(14)10-12-5-6-15-10/h1-6H,(H,13,14). The molecule has 0 aliphatic carbocycles. The number of amides is 1. The van der Waals surface area contributed by atoms with E-state index in [1.807, 2.05) is 0 Å². The minimum absolute atomic E-state index is 0.165. The van der Waals surface area contributed by atoms with Gasteiger partial charge in [-0.2, -0.15) is 0 Å². The number of halogens is 1. The van der Waals surface area contributed by atoms with Gasteiger partial charge in [-0.1, -0.05) is 12.1 Å². The van der Waals surface area contributed by atoms with Crippen molar-refractivity contribution < 1.29 is 9.18 Å². The molecule has 0 fully saturated rings. The lowest BCUT2D eigenvalue weighted by molar-refractivity contribution is 0.102. The van der Waals surface area contributed by atoms with Crippen LogP contribution < -0.4 is 5.32 Å². The fourth-order valence-corrected chi connectivity index (χ4v) is 1.60. The molecule has 0 saturated heterocycles. The molecular formula is C10H7FN2OS. The summed E-state index contributed by atoms with van der Waals surface area (Å²) >= 11 is 1.21. The highest BCUT2D eigenvalue weighted by atomic mass is 32.1. The first-order valence-corrected chi connectivity index (χ1v) is 5.11. The summed E-state index contributed by atoms with van der Waals surface area (Å²) in [6.07, 6.45) is 1.53. The Hall–Kier alpha value is -1.75. The number of carbonyl (C=O) groups is 1. The molecule has 0 spiro atoms. The van der Waals surface area contributed by atoms with E-state index in [2.05, 4.69) is 10.3 Å². The summed E-state index contributed by atoms with van der Waals surface area (Å²) in [7, 11) is 0. The van der Waals surface area contributed by atoms with E-state index < -0.39 is 11.7 Å². The fraction of sp³-hybridized carbons (Fsp3) is 0. The van der Waals surface area contributed by atoms with Gasteiger partial charge in [0.1, 0.15) is 5.82 Å². The zero-order valence-corrected chi connectivity index (χ0v) is 8.42. The zero-order chi connectivity index (χ0) is 10.7. The van der Waals surface area contributed by atoms with E-state index in [1.165, 1.54) is 29.7 Å². The van der Waals surface area contributed by atoms with Crippen LogP contribution in [0.1, 0.15) is 9.80 Å². The first-order valence-electron chi connectivity index (χ1n) is 4.23. The van der Waals surface area contributed by atoms with Gasteiger partial charge in [-0.15, -0.1) is 11.3 Å². The SMILES string of the molecule is O=C(Nc1ccccc1F)c1nccs1.